The van der Waals surface area contributed by atoms with Crippen molar-refractivity contribution < 1.29 is 14.3 Å². The first kappa shape index (κ1) is 22.0. The molecule has 0 spiro atoms. The summed E-state index contributed by atoms with van der Waals surface area (Å²) in [5.41, 5.74) is 7.50. The van der Waals surface area contributed by atoms with Gasteiger partial charge in [-0.1, -0.05) is 73.7 Å². The summed E-state index contributed by atoms with van der Waals surface area (Å²) >= 11 is 0. The number of hydrogen-bond acceptors (Lipinski definition) is 3. The third-order valence-electron chi connectivity index (χ3n) is 7.62. The fourth-order valence-corrected chi connectivity index (χ4v) is 6.00. The third-order valence-corrected chi connectivity index (χ3v) is 7.62. The highest BCUT2D eigenvalue weighted by molar-refractivity contribution is 5.79. The number of rotatable bonds is 6. The van der Waals surface area contributed by atoms with Crippen molar-refractivity contribution in [1.82, 2.24) is 4.90 Å². The molecular formula is C31H31NO3. The molecule has 1 fully saturated rings. The molecule has 1 aliphatic carbocycles. The Morgan fingerprint density at radius 1 is 0.943 bits per heavy atom. The summed E-state index contributed by atoms with van der Waals surface area (Å²) in [6.45, 7) is 3.21. The van der Waals surface area contributed by atoms with Gasteiger partial charge in [0.2, 0.25) is 0 Å². The first-order valence-electron chi connectivity index (χ1n) is 12.8. The molecule has 2 unspecified atom stereocenters. The number of nitrogens with zero attached hydrogens (tertiary/aromatic N) is 1. The van der Waals surface area contributed by atoms with Gasteiger partial charge in [-0.05, 0) is 71.2 Å². The zero-order valence-electron chi connectivity index (χ0n) is 20.2. The molecule has 0 N–H and O–H groups in total. The Hall–Kier alpha value is -3.53. The highest BCUT2D eigenvalue weighted by Gasteiger charge is 2.41. The Morgan fingerprint density at radius 2 is 1.69 bits per heavy atom. The molecule has 178 valence electrons. The monoisotopic (exact) mass is 465 g/mol. The lowest BCUT2D eigenvalue weighted by molar-refractivity contribution is 0.0866. The van der Waals surface area contributed by atoms with Crippen molar-refractivity contribution in [2.24, 2.45) is 0 Å². The molecule has 2 bridgehead atoms. The molecule has 3 aromatic rings. The highest BCUT2D eigenvalue weighted by Crippen LogP contribution is 2.45. The first-order chi connectivity index (χ1) is 17.2. The molecule has 2 heterocycles. The van der Waals surface area contributed by atoms with Crippen molar-refractivity contribution in [2.75, 3.05) is 13.2 Å². The topological polar surface area (TPSA) is 38.8 Å². The van der Waals surface area contributed by atoms with Gasteiger partial charge in [0.05, 0.1) is 12.6 Å². The minimum Gasteiger partial charge on any atom is -0.494 e. The molecule has 35 heavy (non-hydrogen) atoms. The molecule has 4 nitrogen and oxygen atoms in total. The van der Waals surface area contributed by atoms with Crippen LogP contribution in [0.15, 0.2) is 78.9 Å². The molecule has 1 saturated heterocycles. The van der Waals surface area contributed by atoms with Crippen LogP contribution in [0.5, 0.6) is 5.75 Å². The molecule has 2 atom stereocenters. The second-order valence-corrected chi connectivity index (χ2v) is 9.78. The zero-order valence-corrected chi connectivity index (χ0v) is 20.2. The van der Waals surface area contributed by atoms with Crippen molar-refractivity contribution in [3.63, 3.8) is 0 Å². The number of ether oxygens (including phenoxy) is 2. The summed E-state index contributed by atoms with van der Waals surface area (Å²) in [7, 11) is 0. The standard InChI is InChI=1S/C31H31NO3/c1-2-16-34-25-9-7-8-21(19-25)22-17-23-14-15-24(18-22)32(23)31(33)35-20-30-28-12-5-3-10-26(28)27-11-4-6-13-29(27)30/h3-13,17,19,23-24,30H,2,14-16,18,20H2,1H3. The predicted molar refractivity (Wildman–Crippen MR) is 139 cm³/mol. The van der Waals surface area contributed by atoms with Gasteiger partial charge >= 0.3 is 6.09 Å². The van der Waals surface area contributed by atoms with E-state index in [9.17, 15) is 4.79 Å². The average Bonchev–Trinajstić information content (AvgIpc) is 3.36. The van der Waals surface area contributed by atoms with Crippen molar-refractivity contribution in [2.45, 2.75) is 50.6 Å². The Balaban J connectivity index is 1.17. The van der Waals surface area contributed by atoms with Crippen LogP contribution in [0.2, 0.25) is 0 Å². The van der Waals surface area contributed by atoms with E-state index in [1.165, 1.54) is 33.4 Å². The molecule has 3 aliphatic rings. The van der Waals surface area contributed by atoms with Gasteiger partial charge in [-0.2, -0.15) is 0 Å². The zero-order chi connectivity index (χ0) is 23.8. The van der Waals surface area contributed by atoms with E-state index in [2.05, 4.69) is 79.7 Å². The number of amides is 1. The van der Waals surface area contributed by atoms with Crippen LogP contribution >= 0.6 is 0 Å². The van der Waals surface area contributed by atoms with Crippen LogP contribution in [0.3, 0.4) is 0 Å². The van der Waals surface area contributed by atoms with Gasteiger partial charge in [0, 0.05) is 12.0 Å². The minimum absolute atomic E-state index is 0.0887. The lowest BCUT2D eigenvalue weighted by Crippen LogP contribution is -2.43. The second kappa shape index (κ2) is 9.26. The van der Waals surface area contributed by atoms with Gasteiger partial charge in [-0.3, -0.25) is 4.90 Å². The molecule has 0 aromatic heterocycles. The SMILES string of the molecule is CCCOc1cccc(C2=CC3CCC(C2)N3C(=O)OCC2c3ccccc3-c3ccccc32)c1. The highest BCUT2D eigenvalue weighted by atomic mass is 16.6. The molecule has 0 radical (unpaired) electrons. The van der Waals surface area contributed by atoms with Crippen LogP contribution in [0.4, 0.5) is 4.79 Å². The Morgan fingerprint density at radius 3 is 2.40 bits per heavy atom. The molecule has 6 rings (SSSR count). The van der Waals surface area contributed by atoms with Crippen LogP contribution in [0, 0.1) is 0 Å². The lowest BCUT2D eigenvalue weighted by atomic mass is 9.95. The third kappa shape index (κ3) is 4.01. The molecule has 0 saturated carbocycles. The van der Waals surface area contributed by atoms with E-state index in [4.69, 9.17) is 9.47 Å². The van der Waals surface area contributed by atoms with Crippen LogP contribution in [-0.2, 0) is 4.74 Å². The maximum Gasteiger partial charge on any atom is 0.410 e. The number of benzene rings is 3. The number of carbonyl (C=O) groups excluding carboxylic acids is 1. The molecule has 4 heteroatoms. The van der Waals surface area contributed by atoms with Gasteiger partial charge in [-0.15, -0.1) is 0 Å². The minimum atomic E-state index is -0.185. The fourth-order valence-electron chi connectivity index (χ4n) is 6.00. The summed E-state index contributed by atoms with van der Waals surface area (Å²) in [5, 5.41) is 0. The summed E-state index contributed by atoms with van der Waals surface area (Å²) < 4.78 is 11.8. The van der Waals surface area contributed by atoms with E-state index >= 15 is 0 Å². The number of hydrogen-bond donors (Lipinski definition) is 0. The van der Waals surface area contributed by atoms with E-state index < -0.39 is 0 Å². The fraction of sp³-hybridized carbons (Fsp3) is 0.323. The van der Waals surface area contributed by atoms with E-state index in [1.54, 1.807) is 0 Å². The Bertz CT molecular complexity index is 1230. The van der Waals surface area contributed by atoms with Crippen molar-refractivity contribution >= 4 is 11.7 Å². The van der Waals surface area contributed by atoms with Gasteiger partial charge in [0.15, 0.2) is 0 Å². The quantitative estimate of drug-likeness (QED) is 0.392. The number of carbonyl (C=O) groups is 1. The van der Waals surface area contributed by atoms with Crippen molar-refractivity contribution in [3.8, 4) is 16.9 Å². The second-order valence-electron chi connectivity index (χ2n) is 9.78. The molecule has 3 aromatic carbocycles. The normalized spacial score (nSPS) is 20.3. The number of fused-ring (bicyclic) bond motifs is 5. The van der Waals surface area contributed by atoms with Gasteiger partial charge in [-0.25, -0.2) is 4.79 Å². The van der Waals surface area contributed by atoms with Crippen LogP contribution in [-0.4, -0.2) is 36.3 Å². The van der Waals surface area contributed by atoms with E-state index in [0.717, 1.165) is 38.0 Å². The van der Waals surface area contributed by atoms with Crippen LogP contribution < -0.4 is 4.74 Å². The van der Waals surface area contributed by atoms with Gasteiger partial charge in [0.1, 0.15) is 12.4 Å². The van der Waals surface area contributed by atoms with E-state index in [0.29, 0.717) is 6.61 Å². The average molecular weight is 466 g/mol. The summed E-state index contributed by atoms with van der Waals surface area (Å²) in [4.78, 5) is 15.3. The summed E-state index contributed by atoms with van der Waals surface area (Å²) in [6.07, 6.45) is 5.94. The Kier molecular flexibility index (Phi) is 5.81. The maximum absolute atomic E-state index is 13.3. The van der Waals surface area contributed by atoms with Gasteiger partial charge in [0.25, 0.3) is 0 Å². The summed E-state index contributed by atoms with van der Waals surface area (Å²) in [5.74, 6) is 1.00. The summed E-state index contributed by atoms with van der Waals surface area (Å²) in [6, 6.07) is 25.6. The van der Waals surface area contributed by atoms with E-state index in [-0.39, 0.29) is 24.1 Å². The maximum atomic E-state index is 13.3. The van der Waals surface area contributed by atoms with Crippen LogP contribution in [0.25, 0.3) is 16.7 Å². The first-order valence-corrected chi connectivity index (χ1v) is 12.8. The van der Waals surface area contributed by atoms with Crippen molar-refractivity contribution in [3.05, 3.63) is 95.6 Å². The van der Waals surface area contributed by atoms with E-state index in [1.807, 2.05) is 11.0 Å². The van der Waals surface area contributed by atoms with Crippen LogP contribution in [0.1, 0.15) is 55.2 Å². The molecule has 1 amide bonds. The Labute approximate surface area is 207 Å². The van der Waals surface area contributed by atoms with Crippen molar-refractivity contribution in [1.29, 1.82) is 0 Å². The smallest absolute Gasteiger partial charge is 0.410 e. The largest absolute Gasteiger partial charge is 0.494 e. The van der Waals surface area contributed by atoms with Gasteiger partial charge < -0.3 is 9.47 Å². The molecular weight excluding hydrogens is 434 g/mol. The lowest BCUT2D eigenvalue weighted by Gasteiger charge is -2.33. The predicted octanol–water partition coefficient (Wildman–Crippen LogP) is 7.04. The molecule has 2 aliphatic heterocycles.